The van der Waals surface area contributed by atoms with Crippen LogP contribution in [-0.2, 0) is 32.0 Å². The highest BCUT2D eigenvalue weighted by Gasteiger charge is 2.23. The number of benzene rings is 3. The first kappa shape index (κ1) is 30.9. The summed E-state index contributed by atoms with van der Waals surface area (Å²) in [7, 11) is 0. The zero-order valence-electron chi connectivity index (χ0n) is 21.9. The van der Waals surface area contributed by atoms with Crippen molar-refractivity contribution in [3.63, 3.8) is 0 Å². The van der Waals surface area contributed by atoms with E-state index in [2.05, 4.69) is 16.0 Å². The predicted octanol–water partition coefficient (Wildman–Crippen LogP) is 1.24. The lowest BCUT2D eigenvalue weighted by Gasteiger charge is -2.18. The summed E-state index contributed by atoms with van der Waals surface area (Å²) in [6.07, 6.45) is 0.406. The van der Waals surface area contributed by atoms with E-state index in [9.17, 15) is 29.1 Å². The maximum Gasteiger partial charge on any atom is 0.335 e. The van der Waals surface area contributed by atoms with Gasteiger partial charge in [-0.2, -0.15) is 0 Å². The Kier molecular flexibility index (Phi) is 11.4. The van der Waals surface area contributed by atoms with Crippen molar-refractivity contribution in [2.45, 2.75) is 29.8 Å². The molecule has 0 aromatic heterocycles. The van der Waals surface area contributed by atoms with E-state index in [1.54, 1.807) is 12.1 Å². The van der Waals surface area contributed by atoms with Crippen LogP contribution in [0.4, 0.5) is 0 Å². The summed E-state index contributed by atoms with van der Waals surface area (Å²) in [5.74, 6) is -2.77. The van der Waals surface area contributed by atoms with Gasteiger partial charge in [-0.3, -0.25) is 19.2 Å². The first-order valence-electron chi connectivity index (χ1n) is 12.6. The number of carboxylic acids is 1. The molecule has 0 aliphatic carbocycles. The van der Waals surface area contributed by atoms with E-state index < -0.39 is 48.9 Å². The van der Waals surface area contributed by atoms with Gasteiger partial charge in [-0.05, 0) is 65.7 Å². The number of rotatable bonds is 13. The van der Waals surface area contributed by atoms with Gasteiger partial charge in [-0.1, -0.05) is 42.5 Å². The van der Waals surface area contributed by atoms with E-state index in [4.69, 9.17) is 10.8 Å². The smallest absolute Gasteiger partial charge is 0.335 e. The summed E-state index contributed by atoms with van der Waals surface area (Å²) >= 11 is 0.867. The average molecular weight is 579 g/mol. The number of aromatic hydroxyl groups is 1. The van der Waals surface area contributed by atoms with Gasteiger partial charge < -0.3 is 31.9 Å². The topological polar surface area (TPSA) is 188 Å². The second kappa shape index (κ2) is 15.2. The minimum absolute atomic E-state index is 0.0854. The number of carbonyl (C=O) groups is 5. The molecule has 0 aliphatic heterocycles. The number of nitrogens with one attached hydrogen (secondary N) is 3. The highest BCUT2D eigenvalue weighted by atomic mass is 32.2. The maximum absolute atomic E-state index is 13.1. The summed E-state index contributed by atoms with van der Waals surface area (Å²) < 4.78 is 0. The molecule has 0 unspecified atom stereocenters. The molecule has 0 saturated carbocycles. The van der Waals surface area contributed by atoms with Crippen LogP contribution in [0.15, 0.2) is 83.8 Å². The Hall–Kier alpha value is -4.68. The Morgan fingerprint density at radius 2 is 1.37 bits per heavy atom. The molecular weight excluding hydrogens is 548 g/mol. The molecule has 214 valence electrons. The summed E-state index contributed by atoms with van der Waals surface area (Å²) in [6, 6.07) is 19.3. The number of amides is 3. The first-order chi connectivity index (χ1) is 19.6. The van der Waals surface area contributed by atoms with Crippen LogP contribution in [0.3, 0.4) is 0 Å². The molecule has 0 spiro atoms. The van der Waals surface area contributed by atoms with Crippen LogP contribution in [0.25, 0.3) is 0 Å². The van der Waals surface area contributed by atoms with Crippen LogP contribution >= 0.6 is 11.8 Å². The van der Waals surface area contributed by atoms with E-state index in [0.717, 1.165) is 22.9 Å². The fourth-order valence-electron chi connectivity index (χ4n) is 3.66. The van der Waals surface area contributed by atoms with Gasteiger partial charge >= 0.3 is 5.97 Å². The van der Waals surface area contributed by atoms with E-state index >= 15 is 0 Å². The zero-order valence-corrected chi connectivity index (χ0v) is 22.7. The molecule has 0 heterocycles. The molecule has 0 bridgehead atoms. The van der Waals surface area contributed by atoms with E-state index in [1.807, 2.05) is 30.3 Å². The molecule has 0 fully saturated rings. The molecule has 41 heavy (non-hydrogen) atoms. The molecule has 0 saturated heterocycles. The number of phenolic OH excluding ortho intramolecular Hbond substituents is 1. The molecule has 2 atom stereocenters. The highest BCUT2D eigenvalue weighted by Crippen LogP contribution is 2.22. The Morgan fingerprint density at radius 3 is 2.00 bits per heavy atom. The molecule has 11 nitrogen and oxygen atoms in total. The summed E-state index contributed by atoms with van der Waals surface area (Å²) in [4.78, 5) is 61.7. The number of carbonyl (C=O) groups excluding carboxylic acids is 4. The molecule has 0 radical (unpaired) electrons. The molecule has 3 aromatic carbocycles. The van der Waals surface area contributed by atoms with E-state index in [1.165, 1.54) is 36.4 Å². The van der Waals surface area contributed by atoms with Gasteiger partial charge in [-0.15, -0.1) is 0 Å². The Balaban J connectivity index is 1.50. The Morgan fingerprint density at radius 1 is 0.756 bits per heavy atom. The molecule has 3 aromatic rings. The number of thioether (sulfide) groups is 1. The zero-order chi connectivity index (χ0) is 29.8. The van der Waals surface area contributed by atoms with Crippen molar-refractivity contribution >= 4 is 40.6 Å². The summed E-state index contributed by atoms with van der Waals surface area (Å²) in [5.41, 5.74) is 7.52. The highest BCUT2D eigenvalue weighted by molar-refractivity contribution is 8.13. The fourth-order valence-corrected chi connectivity index (χ4v) is 4.45. The van der Waals surface area contributed by atoms with Gasteiger partial charge in [0.15, 0.2) is 0 Å². The minimum Gasteiger partial charge on any atom is -0.508 e. The molecular formula is C29H30N4O7S. The Labute approximate surface area is 240 Å². The van der Waals surface area contributed by atoms with Crippen LogP contribution < -0.4 is 21.7 Å². The van der Waals surface area contributed by atoms with Crippen LogP contribution in [0.1, 0.15) is 21.5 Å². The quantitative estimate of drug-likeness (QED) is 0.162. The third kappa shape index (κ3) is 10.4. The largest absolute Gasteiger partial charge is 0.508 e. The van der Waals surface area contributed by atoms with Crippen LogP contribution in [0, 0.1) is 0 Å². The second-order valence-electron chi connectivity index (χ2n) is 9.03. The molecule has 0 aliphatic rings. The van der Waals surface area contributed by atoms with Gasteiger partial charge in [-0.25, -0.2) is 4.79 Å². The molecule has 3 rings (SSSR count). The van der Waals surface area contributed by atoms with E-state index in [-0.39, 0.29) is 29.3 Å². The van der Waals surface area contributed by atoms with Gasteiger partial charge in [0, 0.05) is 11.3 Å². The number of hydrogen-bond acceptors (Lipinski definition) is 8. The number of nitrogens with two attached hydrogens (primary N) is 1. The molecule has 3 amide bonds. The standard InChI is InChI=1S/C29H30N4O7S/c30-23(14-19-6-10-21(34)11-7-19)27(37)32-16-25(35)31-17-26(36)33-24(15-18-4-2-1-3-5-18)29(40)41-22-12-8-20(9-13-22)28(38)39/h1-13,23-24,34H,14-17,30H2,(H,31,35)(H,32,37)(H,33,36)(H,38,39)/t23-,24-/m0/s1. The second-order valence-corrected chi connectivity index (χ2v) is 10.1. The van der Waals surface area contributed by atoms with Crippen molar-refractivity contribution in [1.29, 1.82) is 0 Å². The van der Waals surface area contributed by atoms with Crippen molar-refractivity contribution in [3.05, 3.63) is 95.6 Å². The number of phenols is 1. The Bertz CT molecular complexity index is 1370. The van der Waals surface area contributed by atoms with Crippen LogP contribution in [0.2, 0.25) is 0 Å². The third-order valence-electron chi connectivity index (χ3n) is 5.82. The number of carboxylic acid groups (broad SMARTS) is 1. The lowest BCUT2D eigenvalue weighted by Crippen LogP contribution is -2.49. The average Bonchev–Trinajstić information content (AvgIpc) is 2.96. The predicted molar refractivity (Wildman–Crippen MR) is 152 cm³/mol. The number of hydrogen-bond donors (Lipinski definition) is 6. The maximum atomic E-state index is 13.1. The van der Waals surface area contributed by atoms with Crippen molar-refractivity contribution in [3.8, 4) is 5.75 Å². The van der Waals surface area contributed by atoms with Gasteiger partial charge in [0.25, 0.3) is 0 Å². The molecule has 7 N–H and O–H groups in total. The normalized spacial score (nSPS) is 12.0. The lowest BCUT2D eigenvalue weighted by molar-refractivity contribution is -0.128. The fraction of sp³-hybridized carbons (Fsp3) is 0.207. The van der Waals surface area contributed by atoms with Gasteiger partial charge in [0.2, 0.25) is 22.8 Å². The lowest BCUT2D eigenvalue weighted by atomic mass is 10.1. The van der Waals surface area contributed by atoms with Crippen molar-refractivity contribution < 1.29 is 34.2 Å². The third-order valence-corrected chi connectivity index (χ3v) is 6.81. The van der Waals surface area contributed by atoms with Crippen molar-refractivity contribution in [1.82, 2.24) is 16.0 Å². The van der Waals surface area contributed by atoms with Crippen LogP contribution in [0.5, 0.6) is 5.75 Å². The number of aromatic carboxylic acids is 1. The molecule has 12 heteroatoms. The SMILES string of the molecule is N[C@@H](Cc1ccc(O)cc1)C(=O)NCC(=O)NCC(=O)N[C@@H](Cc1ccccc1)C(=O)Sc1ccc(C(=O)O)cc1. The van der Waals surface area contributed by atoms with Gasteiger partial charge in [0.1, 0.15) is 11.8 Å². The van der Waals surface area contributed by atoms with Gasteiger partial charge in [0.05, 0.1) is 24.7 Å². The first-order valence-corrected chi connectivity index (χ1v) is 13.4. The summed E-state index contributed by atoms with van der Waals surface area (Å²) in [6.45, 7) is -0.825. The van der Waals surface area contributed by atoms with E-state index in [0.29, 0.717) is 4.90 Å². The van der Waals surface area contributed by atoms with Crippen molar-refractivity contribution in [2.24, 2.45) is 5.73 Å². The van der Waals surface area contributed by atoms with Crippen LogP contribution in [-0.4, -0.2) is 64.2 Å². The monoisotopic (exact) mass is 578 g/mol. The summed E-state index contributed by atoms with van der Waals surface area (Å²) in [5, 5.41) is 25.5. The van der Waals surface area contributed by atoms with Crippen molar-refractivity contribution in [2.75, 3.05) is 13.1 Å². The minimum atomic E-state index is -1.08.